The zero-order valence-electron chi connectivity index (χ0n) is 11.1. The smallest absolute Gasteiger partial charge is 0.410 e. The fourth-order valence-corrected chi connectivity index (χ4v) is 3.14. The number of aromatic nitrogens is 1. The van der Waals surface area contributed by atoms with Crippen LogP contribution in [0, 0.1) is 0 Å². The summed E-state index contributed by atoms with van der Waals surface area (Å²) in [5.74, 6) is 0. The highest BCUT2D eigenvalue weighted by Crippen LogP contribution is 2.40. The number of amides is 1. The van der Waals surface area contributed by atoms with Crippen molar-refractivity contribution < 1.29 is 9.53 Å². The summed E-state index contributed by atoms with van der Waals surface area (Å²) in [6.45, 7) is 2.28. The molecule has 100 valence electrons. The van der Waals surface area contributed by atoms with E-state index in [4.69, 9.17) is 4.74 Å². The third-order valence-corrected chi connectivity index (χ3v) is 3.94. The van der Waals surface area contributed by atoms with Crippen LogP contribution < -0.4 is 0 Å². The average molecular weight is 258 g/mol. The Morgan fingerprint density at radius 2 is 2.42 bits per heavy atom. The number of ether oxygens (including phenoxy) is 1. The molecule has 2 aliphatic rings. The number of hydrogen-bond donors (Lipinski definition) is 0. The molecule has 19 heavy (non-hydrogen) atoms. The van der Waals surface area contributed by atoms with Crippen molar-refractivity contribution in [3.05, 3.63) is 36.2 Å². The Bertz CT molecular complexity index is 498. The second kappa shape index (κ2) is 5.03. The molecule has 4 nitrogen and oxygen atoms in total. The van der Waals surface area contributed by atoms with E-state index in [0.29, 0.717) is 12.6 Å². The summed E-state index contributed by atoms with van der Waals surface area (Å²) < 4.78 is 5.19. The van der Waals surface area contributed by atoms with Crippen LogP contribution in [-0.2, 0) is 4.74 Å². The number of carbonyl (C=O) groups excluding carboxylic acids is 1. The van der Waals surface area contributed by atoms with E-state index < -0.39 is 0 Å². The molecule has 0 N–H and O–H groups in total. The van der Waals surface area contributed by atoms with Crippen molar-refractivity contribution in [2.45, 2.75) is 38.3 Å². The molecule has 4 heteroatoms. The molecule has 2 aliphatic heterocycles. The summed E-state index contributed by atoms with van der Waals surface area (Å²) in [6, 6.07) is 4.46. The maximum absolute atomic E-state index is 12.1. The van der Waals surface area contributed by atoms with E-state index in [0.717, 1.165) is 24.8 Å². The van der Waals surface area contributed by atoms with Crippen molar-refractivity contribution in [2.75, 3.05) is 6.61 Å². The molecule has 1 aromatic rings. The number of rotatable bonds is 2. The Morgan fingerprint density at radius 1 is 1.53 bits per heavy atom. The van der Waals surface area contributed by atoms with Gasteiger partial charge in [-0.05, 0) is 43.4 Å². The van der Waals surface area contributed by atoms with Crippen molar-refractivity contribution in [1.29, 1.82) is 0 Å². The van der Waals surface area contributed by atoms with Gasteiger partial charge in [-0.15, -0.1) is 0 Å². The molecule has 1 fully saturated rings. The number of nitrogens with zero attached hydrogens (tertiary/aromatic N) is 2. The highest BCUT2D eigenvalue weighted by atomic mass is 16.6. The Labute approximate surface area is 113 Å². The topological polar surface area (TPSA) is 42.4 Å². The normalized spacial score (nSPS) is 25.1. The number of pyridine rings is 1. The predicted octanol–water partition coefficient (Wildman–Crippen LogP) is 2.86. The number of fused-ring (bicyclic) bond motifs is 2. The summed E-state index contributed by atoms with van der Waals surface area (Å²) in [5.41, 5.74) is 2.33. The van der Waals surface area contributed by atoms with Gasteiger partial charge >= 0.3 is 6.09 Å². The van der Waals surface area contributed by atoms with Crippen molar-refractivity contribution in [1.82, 2.24) is 9.88 Å². The summed E-state index contributed by atoms with van der Waals surface area (Å²) in [7, 11) is 0. The van der Waals surface area contributed by atoms with Gasteiger partial charge in [-0.2, -0.15) is 0 Å². The molecule has 2 atom stereocenters. The van der Waals surface area contributed by atoms with Crippen LogP contribution >= 0.6 is 0 Å². The van der Waals surface area contributed by atoms with Crippen molar-refractivity contribution in [2.24, 2.45) is 0 Å². The highest BCUT2D eigenvalue weighted by molar-refractivity contribution is 5.78. The molecule has 1 aromatic heterocycles. The van der Waals surface area contributed by atoms with Gasteiger partial charge in [0.15, 0.2) is 0 Å². The predicted molar refractivity (Wildman–Crippen MR) is 72.5 cm³/mol. The Kier molecular flexibility index (Phi) is 3.23. The van der Waals surface area contributed by atoms with Crippen molar-refractivity contribution in [3.8, 4) is 0 Å². The summed E-state index contributed by atoms with van der Waals surface area (Å²) in [5, 5.41) is 0. The minimum absolute atomic E-state index is 0.155. The largest absolute Gasteiger partial charge is 0.450 e. The van der Waals surface area contributed by atoms with Gasteiger partial charge in [0.05, 0.1) is 12.6 Å². The van der Waals surface area contributed by atoms with E-state index in [1.807, 2.05) is 24.1 Å². The second-order valence-corrected chi connectivity index (χ2v) is 4.99. The molecule has 0 radical (unpaired) electrons. The van der Waals surface area contributed by atoms with Crippen LogP contribution in [0.25, 0.3) is 5.57 Å². The minimum Gasteiger partial charge on any atom is -0.450 e. The van der Waals surface area contributed by atoms with Gasteiger partial charge in [0.2, 0.25) is 0 Å². The average Bonchev–Trinajstić information content (AvgIpc) is 2.74. The first-order valence-corrected chi connectivity index (χ1v) is 6.86. The van der Waals surface area contributed by atoms with Gasteiger partial charge in [0, 0.05) is 18.4 Å². The Balaban J connectivity index is 1.89. The standard InChI is InChI=1S/C15H18N2O2/c1-2-19-15(18)17-12-5-7-13(14(17)8-6-12)11-4-3-9-16-10-11/h3-4,7,9-10,12,14H,2,5-6,8H2,1H3/t12-,14-/m1/s1. The van der Waals surface area contributed by atoms with E-state index in [-0.39, 0.29) is 12.1 Å². The summed E-state index contributed by atoms with van der Waals surface area (Å²) in [6.07, 6.45) is 8.72. The minimum atomic E-state index is -0.176. The molecule has 0 aliphatic carbocycles. The van der Waals surface area contributed by atoms with Crippen molar-refractivity contribution >= 4 is 11.7 Å². The maximum Gasteiger partial charge on any atom is 0.410 e. The molecule has 1 saturated heterocycles. The van der Waals surface area contributed by atoms with Crippen LogP contribution in [0.4, 0.5) is 4.79 Å². The van der Waals surface area contributed by atoms with Crippen LogP contribution in [0.3, 0.4) is 0 Å². The fourth-order valence-electron chi connectivity index (χ4n) is 3.14. The van der Waals surface area contributed by atoms with Gasteiger partial charge in [-0.25, -0.2) is 4.79 Å². The van der Waals surface area contributed by atoms with Crippen LogP contribution in [0.15, 0.2) is 30.6 Å². The molecule has 3 rings (SSSR count). The van der Waals surface area contributed by atoms with Gasteiger partial charge in [0.1, 0.15) is 0 Å². The highest BCUT2D eigenvalue weighted by Gasteiger charge is 2.42. The Morgan fingerprint density at radius 3 is 3.16 bits per heavy atom. The first-order chi connectivity index (χ1) is 9.31. The van der Waals surface area contributed by atoms with Gasteiger partial charge in [-0.3, -0.25) is 9.88 Å². The lowest BCUT2D eigenvalue weighted by Crippen LogP contribution is -2.44. The number of carbonyl (C=O) groups is 1. The SMILES string of the molecule is CCOC(=O)N1[C@@H]2CC=C(c3cccnc3)[C@H]1CC2. The molecule has 0 unspecified atom stereocenters. The molecular formula is C15H18N2O2. The van der Waals surface area contributed by atoms with E-state index in [1.165, 1.54) is 5.57 Å². The molecule has 0 aromatic carbocycles. The number of hydrogen-bond acceptors (Lipinski definition) is 3. The molecular weight excluding hydrogens is 240 g/mol. The molecule has 0 saturated carbocycles. The van der Waals surface area contributed by atoms with E-state index in [2.05, 4.69) is 17.1 Å². The third-order valence-electron chi connectivity index (χ3n) is 3.94. The van der Waals surface area contributed by atoms with Gasteiger partial charge < -0.3 is 4.74 Å². The van der Waals surface area contributed by atoms with Crippen LogP contribution in [-0.4, -0.2) is 34.7 Å². The third kappa shape index (κ3) is 2.11. The van der Waals surface area contributed by atoms with Gasteiger partial charge in [-0.1, -0.05) is 12.1 Å². The Hall–Kier alpha value is -1.84. The zero-order chi connectivity index (χ0) is 13.2. The molecule has 2 bridgehead atoms. The van der Waals surface area contributed by atoms with E-state index >= 15 is 0 Å². The monoisotopic (exact) mass is 258 g/mol. The van der Waals surface area contributed by atoms with Crippen LogP contribution in [0.1, 0.15) is 31.7 Å². The summed E-state index contributed by atoms with van der Waals surface area (Å²) >= 11 is 0. The fraction of sp³-hybridized carbons (Fsp3) is 0.467. The zero-order valence-corrected chi connectivity index (χ0v) is 11.1. The molecule has 1 amide bonds. The van der Waals surface area contributed by atoms with Gasteiger partial charge in [0.25, 0.3) is 0 Å². The lowest BCUT2D eigenvalue weighted by Gasteiger charge is -2.34. The first-order valence-electron chi connectivity index (χ1n) is 6.86. The summed E-state index contributed by atoms with van der Waals surface area (Å²) in [4.78, 5) is 18.2. The van der Waals surface area contributed by atoms with Crippen molar-refractivity contribution in [3.63, 3.8) is 0 Å². The maximum atomic E-state index is 12.1. The van der Waals surface area contributed by atoms with Crippen LogP contribution in [0.2, 0.25) is 0 Å². The second-order valence-electron chi connectivity index (χ2n) is 4.99. The quantitative estimate of drug-likeness (QED) is 0.819. The lowest BCUT2D eigenvalue weighted by molar-refractivity contribution is 0.0940. The lowest BCUT2D eigenvalue weighted by atomic mass is 9.96. The van der Waals surface area contributed by atoms with Crippen LogP contribution in [0.5, 0.6) is 0 Å². The van der Waals surface area contributed by atoms with E-state index in [9.17, 15) is 4.79 Å². The molecule has 3 heterocycles. The molecule has 0 spiro atoms. The van der Waals surface area contributed by atoms with E-state index in [1.54, 1.807) is 6.20 Å². The first kappa shape index (κ1) is 12.2.